The van der Waals surface area contributed by atoms with Gasteiger partial charge in [-0.25, -0.2) is 8.78 Å². The lowest BCUT2D eigenvalue weighted by molar-refractivity contribution is -0.125. The first-order valence-corrected chi connectivity index (χ1v) is 7.04. The van der Waals surface area contributed by atoms with Crippen molar-refractivity contribution < 1.29 is 13.6 Å². The van der Waals surface area contributed by atoms with E-state index in [2.05, 4.69) is 5.32 Å². The Hall–Kier alpha value is -1.49. The molecule has 0 bridgehead atoms. The monoisotopic (exact) mass is 282 g/mol. The molecular weight excluding hydrogens is 262 g/mol. The minimum Gasteiger partial charge on any atom is -0.329 e. The third kappa shape index (κ3) is 3.15. The van der Waals surface area contributed by atoms with Gasteiger partial charge in [0.05, 0.1) is 11.1 Å². The zero-order chi connectivity index (χ0) is 14.6. The number of hydrogen-bond acceptors (Lipinski definition) is 2. The van der Waals surface area contributed by atoms with Crippen molar-refractivity contribution in [3.05, 3.63) is 29.8 Å². The number of amides is 1. The third-order valence-electron chi connectivity index (χ3n) is 4.11. The molecule has 3 N–H and O–H groups in total. The quantitative estimate of drug-likeness (QED) is 0.836. The van der Waals surface area contributed by atoms with Crippen molar-refractivity contribution in [2.24, 2.45) is 11.1 Å². The number of rotatable bonds is 3. The first-order chi connectivity index (χ1) is 9.57. The topological polar surface area (TPSA) is 55.1 Å². The van der Waals surface area contributed by atoms with Crippen LogP contribution in [-0.2, 0) is 4.79 Å². The van der Waals surface area contributed by atoms with Crippen LogP contribution in [-0.4, -0.2) is 12.5 Å². The van der Waals surface area contributed by atoms with E-state index in [1.165, 1.54) is 6.07 Å². The summed E-state index contributed by atoms with van der Waals surface area (Å²) in [6.07, 6.45) is 5.54. The summed E-state index contributed by atoms with van der Waals surface area (Å²) in [6, 6.07) is 3.13. The summed E-state index contributed by atoms with van der Waals surface area (Å²) >= 11 is 0. The highest BCUT2D eigenvalue weighted by Gasteiger charge is 2.37. The normalized spacial score (nSPS) is 18.4. The van der Waals surface area contributed by atoms with E-state index in [0.717, 1.165) is 50.7 Å². The molecule has 1 saturated carbocycles. The maximum Gasteiger partial charge on any atom is 0.231 e. The Morgan fingerprint density at radius 1 is 1.20 bits per heavy atom. The van der Waals surface area contributed by atoms with Crippen molar-refractivity contribution in [2.45, 2.75) is 38.5 Å². The molecule has 3 nitrogen and oxygen atoms in total. The molecule has 1 aliphatic rings. The molecule has 5 heteroatoms. The minimum atomic E-state index is -0.765. The fraction of sp³-hybridized carbons (Fsp3) is 0.533. The Balaban J connectivity index is 2.16. The minimum absolute atomic E-state index is 0.00784. The Labute approximate surface area is 117 Å². The van der Waals surface area contributed by atoms with E-state index in [-0.39, 0.29) is 18.1 Å². The third-order valence-corrected chi connectivity index (χ3v) is 4.11. The van der Waals surface area contributed by atoms with Gasteiger partial charge in [-0.15, -0.1) is 0 Å². The average Bonchev–Trinajstić information content (AvgIpc) is 2.68. The van der Waals surface area contributed by atoms with Gasteiger partial charge in [0, 0.05) is 12.6 Å². The molecule has 0 aromatic heterocycles. The van der Waals surface area contributed by atoms with E-state index >= 15 is 0 Å². The van der Waals surface area contributed by atoms with Gasteiger partial charge in [-0.05, 0) is 25.0 Å². The van der Waals surface area contributed by atoms with Crippen LogP contribution in [0.4, 0.5) is 14.5 Å². The molecule has 0 spiro atoms. The van der Waals surface area contributed by atoms with Crippen molar-refractivity contribution >= 4 is 11.6 Å². The van der Waals surface area contributed by atoms with E-state index in [1.807, 2.05) is 0 Å². The molecule has 2 rings (SSSR count). The molecule has 110 valence electrons. The standard InChI is InChI=1S/C15H20F2N2O/c16-11-5-6-13(12(17)9-11)19-14(20)15(10-18)7-3-1-2-4-8-15/h5-6,9H,1-4,7-8,10,18H2,(H,19,20). The SMILES string of the molecule is NCC1(C(=O)Nc2ccc(F)cc2F)CCCCCC1. The largest absolute Gasteiger partial charge is 0.329 e. The molecule has 1 amide bonds. The average molecular weight is 282 g/mol. The van der Waals surface area contributed by atoms with Gasteiger partial charge < -0.3 is 11.1 Å². The van der Waals surface area contributed by atoms with E-state index in [4.69, 9.17) is 5.73 Å². The maximum absolute atomic E-state index is 13.6. The molecule has 1 aromatic rings. The molecule has 1 aliphatic carbocycles. The lowest BCUT2D eigenvalue weighted by atomic mass is 9.79. The highest BCUT2D eigenvalue weighted by Crippen LogP contribution is 2.35. The van der Waals surface area contributed by atoms with Gasteiger partial charge in [0.1, 0.15) is 11.6 Å². The summed E-state index contributed by atoms with van der Waals surface area (Å²) < 4.78 is 26.5. The molecule has 0 atom stereocenters. The zero-order valence-electron chi connectivity index (χ0n) is 11.4. The summed E-state index contributed by atoms with van der Waals surface area (Å²) in [4.78, 5) is 12.5. The fourth-order valence-electron chi connectivity index (χ4n) is 2.77. The van der Waals surface area contributed by atoms with Crippen LogP contribution in [0.1, 0.15) is 38.5 Å². The second kappa shape index (κ2) is 6.31. The summed E-state index contributed by atoms with van der Waals surface area (Å²) in [6.45, 7) is 0.252. The zero-order valence-corrected chi connectivity index (χ0v) is 11.4. The second-order valence-corrected chi connectivity index (χ2v) is 5.48. The van der Waals surface area contributed by atoms with Crippen molar-refractivity contribution in [3.63, 3.8) is 0 Å². The molecule has 1 fully saturated rings. The van der Waals surface area contributed by atoms with E-state index in [0.29, 0.717) is 0 Å². The smallest absolute Gasteiger partial charge is 0.231 e. The molecular formula is C15H20F2N2O. The van der Waals surface area contributed by atoms with E-state index < -0.39 is 17.0 Å². The molecule has 0 radical (unpaired) electrons. The summed E-state index contributed by atoms with van der Waals surface area (Å²) in [5, 5.41) is 2.57. The van der Waals surface area contributed by atoms with Crippen LogP contribution in [0.2, 0.25) is 0 Å². The number of hydrogen-bond donors (Lipinski definition) is 2. The van der Waals surface area contributed by atoms with Crippen LogP contribution in [0.15, 0.2) is 18.2 Å². The van der Waals surface area contributed by atoms with Crippen molar-refractivity contribution in [1.82, 2.24) is 0 Å². The van der Waals surface area contributed by atoms with Crippen LogP contribution >= 0.6 is 0 Å². The lowest BCUT2D eigenvalue weighted by Gasteiger charge is -2.29. The van der Waals surface area contributed by atoms with Gasteiger partial charge in [0.25, 0.3) is 0 Å². The second-order valence-electron chi connectivity index (χ2n) is 5.48. The van der Waals surface area contributed by atoms with Crippen LogP contribution in [0, 0.1) is 17.0 Å². The fourth-order valence-corrected chi connectivity index (χ4v) is 2.77. The summed E-state index contributed by atoms with van der Waals surface area (Å²) in [5.74, 6) is -1.69. The summed E-state index contributed by atoms with van der Waals surface area (Å²) in [7, 11) is 0. The van der Waals surface area contributed by atoms with Gasteiger partial charge in [0.15, 0.2) is 0 Å². The molecule has 0 saturated heterocycles. The number of nitrogens with two attached hydrogens (primary N) is 1. The van der Waals surface area contributed by atoms with E-state index in [1.54, 1.807) is 0 Å². The maximum atomic E-state index is 13.6. The number of benzene rings is 1. The molecule has 0 unspecified atom stereocenters. The van der Waals surface area contributed by atoms with Crippen LogP contribution in [0.3, 0.4) is 0 Å². The number of carbonyl (C=O) groups is 1. The molecule has 1 aromatic carbocycles. The molecule has 0 heterocycles. The first kappa shape index (κ1) is 14.9. The Kier molecular flexibility index (Phi) is 4.70. The van der Waals surface area contributed by atoms with Gasteiger partial charge in [-0.3, -0.25) is 4.79 Å². The number of carbonyl (C=O) groups excluding carboxylic acids is 1. The molecule has 0 aliphatic heterocycles. The van der Waals surface area contributed by atoms with Crippen LogP contribution in [0.5, 0.6) is 0 Å². The number of nitrogens with one attached hydrogen (secondary N) is 1. The lowest BCUT2D eigenvalue weighted by Crippen LogP contribution is -2.42. The van der Waals surface area contributed by atoms with Crippen LogP contribution < -0.4 is 11.1 Å². The van der Waals surface area contributed by atoms with E-state index in [9.17, 15) is 13.6 Å². The molecule has 20 heavy (non-hydrogen) atoms. The van der Waals surface area contributed by atoms with Crippen molar-refractivity contribution in [3.8, 4) is 0 Å². The Morgan fingerprint density at radius 3 is 2.40 bits per heavy atom. The summed E-state index contributed by atoms with van der Waals surface area (Å²) in [5.41, 5.74) is 5.19. The van der Waals surface area contributed by atoms with Crippen molar-refractivity contribution in [1.29, 1.82) is 0 Å². The predicted octanol–water partition coefficient (Wildman–Crippen LogP) is 3.20. The first-order valence-electron chi connectivity index (χ1n) is 7.04. The highest BCUT2D eigenvalue weighted by molar-refractivity contribution is 5.95. The predicted molar refractivity (Wildman–Crippen MR) is 74.2 cm³/mol. The van der Waals surface area contributed by atoms with Crippen LogP contribution in [0.25, 0.3) is 0 Å². The number of anilines is 1. The van der Waals surface area contributed by atoms with Gasteiger partial charge in [-0.1, -0.05) is 25.7 Å². The van der Waals surface area contributed by atoms with Gasteiger partial charge >= 0.3 is 0 Å². The number of halogens is 2. The van der Waals surface area contributed by atoms with Gasteiger partial charge in [0.2, 0.25) is 5.91 Å². The Bertz CT molecular complexity index is 483. The van der Waals surface area contributed by atoms with Gasteiger partial charge in [-0.2, -0.15) is 0 Å². The Morgan fingerprint density at radius 2 is 1.85 bits per heavy atom. The van der Waals surface area contributed by atoms with Crippen molar-refractivity contribution in [2.75, 3.05) is 11.9 Å². The highest BCUT2D eigenvalue weighted by atomic mass is 19.1.